The van der Waals surface area contributed by atoms with E-state index in [9.17, 15) is 4.79 Å². The van der Waals surface area contributed by atoms with E-state index in [2.05, 4.69) is 15.6 Å². The Bertz CT molecular complexity index is 413. The van der Waals surface area contributed by atoms with E-state index >= 15 is 0 Å². The number of amides is 1. The van der Waals surface area contributed by atoms with Gasteiger partial charge in [-0.2, -0.15) is 0 Å². The normalized spacial score (nSPS) is 16.2. The molecular formula is C14H24N4O2. The number of aryl methyl sites for hydroxylation is 1. The molecule has 1 aromatic rings. The molecule has 1 aliphatic heterocycles. The van der Waals surface area contributed by atoms with E-state index < -0.39 is 0 Å². The molecule has 1 fully saturated rings. The summed E-state index contributed by atoms with van der Waals surface area (Å²) in [6.45, 7) is 3.16. The van der Waals surface area contributed by atoms with Crippen LogP contribution in [0.25, 0.3) is 0 Å². The highest BCUT2D eigenvalue weighted by atomic mass is 16.5. The molecule has 1 aromatic heterocycles. The van der Waals surface area contributed by atoms with Crippen LogP contribution < -0.4 is 10.6 Å². The monoisotopic (exact) mass is 280 g/mol. The maximum Gasteiger partial charge on any atom is 0.222 e. The molecule has 6 heteroatoms. The summed E-state index contributed by atoms with van der Waals surface area (Å²) in [4.78, 5) is 15.9. The molecule has 1 amide bonds. The summed E-state index contributed by atoms with van der Waals surface area (Å²) >= 11 is 0. The number of ether oxygens (including phenoxy) is 1. The van der Waals surface area contributed by atoms with Crippen molar-refractivity contribution in [3.05, 3.63) is 18.2 Å². The van der Waals surface area contributed by atoms with Crippen LogP contribution in [0.2, 0.25) is 0 Å². The van der Waals surface area contributed by atoms with Gasteiger partial charge in [-0.05, 0) is 25.9 Å². The molecule has 1 aliphatic rings. The zero-order valence-electron chi connectivity index (χ0n) is 12.1. The Morgan fingerprint density at radius 2 is 2.35 bits per heavy atom. The molecule has 2 rings (SSSR count). The first kappa shape index (κ1) is 15.0. The molecule has 0 atom stereocenters. The quantitative estimate of drug-likeness (QED) is 0.750. The second-order valence-electron chi connectivity index (χ2n) is 5.12. The highest BCUT2D eigenvalue weighted by molar-refractivity contribution is 5.75. The summed E-state index contributed by atoms with van der Waals surface area (Å²) in [5.41, 5.74) is 0. The minimum atomic E-state index is 0.0492. The second kappa shape index (κ2) is 8.01. The number of nitrogens with one attached hydrogen (secondary N) is 2. The fourth-order valence-corrected chi connectivity index (χ4v) is 2.32. The van der Waals surface area contributed by atoms with E-state index in [1.165, 1.54) is 0 Å². The molecule has 20 heavy (non-hydrogen) atoms. The number of rotatable bonds is 7. The zero-order chi connectivity index (χ0) is 14.2. The molecule has 0 aromatic carbocycles. The van der Waals surface area contributed by atoms with Crippen molar-refractivity contribution < 1.29 is 9.53 Å². The summed E-state index contributed by atoms with van der Waals surface area (Å²) in [5, 5.41) is 6.19. The second-order valence-corrected chi connectivity index (χ2v) is 5.12. The Labute approximate surface area is 119 Å². The van der Waals surface area contributed by atoms with Crippen LogP contribution in [0.15, 0.2) is 12.4 Å². The van der Waals surface area contributed by atoms with Gasteiger partial charge in [-0.25, -0.2) is 4.98 Å². The average Bonchev–Trinajstić information content (AvgIpc) is 2.86. The lowest BCUT2D eigenvalue weighted by Crippen LogP contribution is -2.33. The van der Waals surface area contributed by atoms with E-state index in [-0.39, 0.29) is 5.91 Å². The fourth-order valence-electron chi connectivity index (χ4n) is 2.32. The summed E-state index contributed by atoms with van der Waals surface area (Å²) in [5.74, 6) is 1.03. The summed E-state index contributed by atoms with van der Waals surface area (Å²) in [6, 6.07) is 0. The standard InChI is InChI=1S/C14H24N4O2/c1-18-10-9-16-13(18)4-8-17-14(19)5-11-20-12-2-6-15-7-3-12/h9-10,12,15H,2-8,11H2,1H3,(H,17,19). The number of nitrogens with zero attached hydrogens (tertiary/aromatic N) is 2. The molecule has 0 radical (unpaired) electrons. The number of aromatic nitrogens is 2. The predicted octanol–water partition coefficient (Wildman–Crippen LogP) is 0.238. The van der Waals surface area contributed by atoms with Crippen molar-refractivity contribution in [3.8, 4) is 0 Å². The maximum atomic E-state index is 11.7. The van der Waals surface area contributed by atoms with E-state index in [1.54, 1.807) is 6.20 Å². The fraction of sp³-hybridized carbons (Fsp3) is 0.714. The molecular weight excluding hydrogens is 256 g/mol. The molecule has 1 saturated heterocycles. The number of hydrogen-bond acceptors (Lipinski definition) is 4. The van der Waals surface area contributed by atoms with Gasteiger partial charge in [0.25, 0.3) is 0 Å². The predicted molar refractivity (Wildman–Crippen MR) is 76.4 cm³/mol. The van der Waals surface area contributed by atoms with Gasteiger partial charge in [0, 0.05) is 38.8 Å². The Balaban J connectivity index is 1.53. The number of piperidine rings is 1. The van der Waals surface area contributed by atoms with Crippen molar-refractivity contribution in [2.45, 2.75) is 31.8 Å². The van der Waals surface area contributed by atoms with Crippen LogP contribution in [-0.2, 0) is 23.0 Å². The highest BCUT2D eigenvalue weighted by Gasteiger charge is 2.13. The molecule has 2 heterocycles. The van der Waals surface area contributed by atoms with Gasteiger partial charge in [-0.3, -0.25) is 4.79 Å². The third-order valence-electron chi connectivity index (χ3n) is 3.56. The van der Waals surface area contributed by atoms with Crippen molar-refractivity contribution in [2.24, 2.45) is 7.05 Å². The first-order valence-electron chi connectivity index (χ1n) is 7.31. The maximum absolute atomic E-state index is 11.7. The molecule has 0 bridgehead atoms. The minimum Gasteiger partial charge on any atom is -0.378 e. The van der Waals surface area contributed by atoms with Crippen LogP contribution in [0.1, 0.15) is 25.1 Å². The summed E-state index contributed by atoms with van der Waals surface area (Å²) < 4.78 is 7.67. The molecule has 0 aliphatic carbocycles. The Hall–Kier alpha value is -1.40. The first-order chi connectivity index (χ1) is 9.75. The van der Waals surface area contributed by atoms with Crippen molar-refractivity contribution in [3.63, 3.8) is 0 Å². The van der Waals surface area contributed by atoms with Gasteiger partial charge in [-0.1, -0.05) is 0 Å². The third kappa shape index (κ3) is 4.94. The van der Waals surface area contributed by atoms with Crippen LogP contribution in [-0.4, -0.2) is 47.8 Å². The van der Waals surface area contributed by atoms with Crippen molar-refractivity contribution in [2.75, 3.05) is 26.2 Å². The lowest BCUT2D eigenvalue weighted by molar-refractivity contribution is -0.122. The third-order valence-corrected chi connectivity index (χ3v) is 3.56. The smallest absolute Gasteiger partial charge is 0.222 e. The Kier molecular flexibility index (Phi) is 6.01. The van der Waals surface area contributed by atoms with Gasteiger partial charge >= 0.3 is 0 Å². The lowest BCUT2D eigenvalue weighted by atomic mass is 10.1. The van der Waals surface area contributed by atoms with Crippen LogP contribution in [0.5, 0.6) is 0 Å². The van der Waals surface area contributed by atoms with Crippen molar-refractivity contribution in [1.82, 2.24) is 20.2 Å². The summed E-state index contributed by atoms with van der Waals surface area (Å²) in [6.07, 6.45) is 7.27. The van der Waals surface area contributed by atoms with Gasteiger partial charge in [0.15, 0.2) is 0 Å². The van der Waals surface area contributed by atoms with E-state index in [0.717, 1.165) is 38.2 Å². The van der Waals surface area contributed by atoms with Crippen molar-refractivity contribution in [1.29, 1.82) is 0 Å². The number of carbonyl (C=O) groups is 1. The topological polar surface area (TPSA) is 68.2 Å². The van der Waals surface area contributed by atoms with Gasteiger partial charge in [0.05, 0.1) is 12.7 Å². The first-order valence-corrected chi connectivity index (χ1v) is 7.31. The molecule has 0 unspecified atom stereocenters. The molecule has 112 valence electrons. The Morgan fingerprint density at radius 3 is 3.05 bits per heavy atom. The van der Waals surface area contributed by atoms with Gasteiger partial charge in [0.2, 0.25) is 5.91 Å². The van der Waals surface area contributed by atoms with Crippen LogP contribution in [0.4, 0.5) is 0 Å². The SMILES string of the molecule is Cn1ccnc1CCNC(=O)CCOC1CCNCC1. The number of carbonyl (C=O) groups excluding carboxylic acids is 1. The molecule has 0 saturated carbocycles. The van der Waals surface area contributed by atoms with Gasteiger partial charge in [0.1, 0.15) is 5.82 Å². The Morgan fingerprint density at radius 1 is 1.55 bits per heavy atom. The van der Waals surface area contributed by atoms with Crippen LogP contribution in [0, 0.1) is 0 Å². The average molecular weight is 280 g/mol. The molecule has 2 N–H and O–H groups in total. The van der Waals surface area contributed by atoms with Gasteiger partial charge < -0.3 is 19.9 Å². The summed E-state index contributed by atoms with van der Waals surface area (Å²) in [7, 11) is 1.96. The minimum absolute atomic E-state index is 0.0492. The molecule has 0 spiro atoms. The largest absolute Gasteiger partial charge is 0.378 e. The van der Waals surface area contributed by atoms with Crippen LogP contribution >= 0.6 is 0 Å². The van der Waals surface area contributed by atoms with E-state index in [1.807, 2.05) is 17.8 Å². The number of hydrogen-bond donors (Lipinski definition) is 2. The van der Waals surface area contributed by atoms with Crippen molar-refractivity contribution >= 4 is 5.91 Å². The number of imidazole rings is 1. The molecule has 6 nitrogen and oxygen atoms in total. The lowest BCUT2D eigenvalue weighted by Gasteiger charge is -2.22. The van der Waals surface area contributed by atoms with E-state index in [4.69, 9.17) is 4.74 Å². The highest BCUT2D eigenvalue weighted by Crippen LogP contribution is 2.07. The van der Waals surface area contributed by atoms with E-state index in [0.29, 0.717) is 25.7 Å². The van der Waals surface area contributed by atoms with Gasteiger partial charge in [-0.15, -0.1) is 0 Å². The zero-order valence-corrected chi connectivity index (χ0v) is 12.1. The van der Waals surface area contributed by atoms with Crippen LogP contribution in [0.3, 0.4) is 0 Å².